The average molecular weight is 365 g/mol. The lowest BCUT2D eigenvalue weighted by Gasteiger charge is -2.29. The van der Waals surface area contributed by atoms with Crippen LogP contribution in [0.2, 0.25) is 0 Å². The van der Waals surface area contributed by atoms with Gasteiger partial charge in [-0.05, 0) is 47.1 Å². The zero-order valence-electron chi connectivity index (χ0n) is 16.1. The van der Waals surface area contributed by atoms with Gasteiger partial charge in [-0.25, -0.2) is 0 Å². The second-order valence-corrected chi connectivity index (χ2v) is 8.08. The Labute approximate surface area is 153 Å². The van der Waals surface area contributed by atoms with E-state index in [0.717, 1.165) is 0 Å². The van der Waals surface area contributed by atoms with Crippen molar-refractivity contribution in [3.8, 4) is 0 Å². The Morgan fingerprint density at radius 1 is 0.962 bits per heavy atom. The van der Waals surface area contributed by atoms with E-state index >= 15 is 0 Å². The molecule has 7 nitrogen and oxygen atoms in total. The first-order chi connectivity index (χ1) is 11.8. The van der Waals surface area contributed by atoms with E-state index in [1.54, 1.807) is 71.9 Å². The molecule has 1 aromatic rings. The fourth-order valence-corrected chi connectivity index (χ4v) is 2.42. The molecule has 7 heteroatoms. The van der Waals surface area contributed by atoms with E-state index < -0.39 is 46.4 Å². The fourth-order valence-electron chi connectivity index (χ4n) is 2.42. The highest BCUT2D eigenvalue weighted by molar-refractivity contribution is 5.96. The number of nitrogens with zero attached hydrogens (tertiary/aromatic N) is 1. The standard InChI is InChI=1S/C19H27NO6/c1-18(2,3)25-16(21)15(17(22)26-19(4,5)6)14(12-20(23)24)13-10-8-7-9-11-13/h7-11,14-15H,12H2,1-6H3. The Morgan fingerprint density at radius 2 is 1.38 bits per heavy atom. The van der Waals surface area contributed by atoms with Crippen LogP contribution in [0.4, 0.5) is 0 Å². The third-order valence-corrected chi connectivity index (χ3v) is 3.30. The van der Waals surface area contributed by atoms with Gasteiger partial charge in [0.15, 0.2) is 5.92 Å². The van der Waals surface area contributed by atoms with E-state index in [0.29, 0.717) is 5.56 Å². The highest BCUT2D eigenvalue weighted by atomic mass is 16.6. The lowest BCUT2D eigenvalue weighted by atomic mass is 9.85. The van der Waals surface area contributed by atoms with Crippen LogP contribution in [-0.2, 0) is 19.1 Å². The van der Waals surface area contributed by atoms with Crippen LogP contribution in [0.5, 0.6) is 0 Å². The normalized spacial score (nSPS) is 13.2. The molecule has 1 unspecified atom stereocenters. The fraction of sp³-hybridized carbons (Fsp3) is 0.579. The summed E-state index contributed by atoms with van der Waals surface area (Å²) >= 11 is 0. The van der Waals surface area contributed by atoms with Crippen LogP contribution in [0.1, 0.15) is 53.0 Å². The Morgan fingerprint density at radius 3 is 1.73 bits per heavy atom. The van der Waals surface area contributed by atoms with Gasteiger partial charge in [0, 0.05) is 4.92 Å². The van der Waals surface area contributed by atoms with Crippen LogP contribution in [0, 0.1) is 16.0 Å². The third-order valence-electron chi connectivity index (χ3n) is 3.30. The van der Waals surface area contributed by atoms with Crippen molar-refractivity contribution in [2.24, 2.45) is 5.92 Å². The monoisotopic (exact) mass is 365 g/mol. The molecule has 0 N–H and O–H groups in total. The van der Waals surface area contributed by atoms with Crippen LogP contribution >= 0.6 is 0 Å². The largest absolute Gasteiger partial charge is 0.459 e. The molecular formula is C19H27NO6. The first-order valence-electron chi connectivity index (χ1n) is 8.42. The van der Waals surface area contributed by atoms with Gasteiger partial charge in [0.25, 0.3) is 0 Å². The molecule has 0 amide bonds. The molecule has 1 rings (SSSR count). The van der Waals surface area contributed by atoms with Gasteiger partial charge < -0.3 is 9.47 Å². The molecule has 0 heterocycles. The molecule has 0 aromatic heterocycles. The van der Waals surface area contributed by atoms with E-state index in [-0.39, 0.29) is 0 Å². The number of ether oxygens (including phenoxy) is 2. The maximum Gasteiger partial charge on any atom is 0.321 e. The quantitative estimate of drug-likeness (QED) is 0.332. The minimum atomic E-state index is -1.43. The lowest BCUT2D eigenvalue weighted by molar-refractivity contribution is -0.484. The molecular weight excluding hydrogens is 338 g/mol. The molecule has 1 atom stereocenters. The Balaban J connectivity index is 3.34. The minimum absolute atomic E-state index is 0.505. The smallest absolute Gasteiger partial charge is 0.321 e. The molecule has 0 aliphatic heterocycles. The number of benzene rings is 1. The molecule has 0 spiro atoms. The second kappa shape index (κ2) is 8.29. The predicted octanol–water partition coefficient (Wildman–Crippen LogP) is 3.35. The first kappa shape index (κ1) is 21.6. The summed E-state index contributed by atoms with van der Waals surface area (Å²) in [7, 11) is 0. The first-order valence-corrected chi connectivity index (χ1v) is 8.42. The Hall–Kier alpha value is -2.44. The van der Waals surface area contributed by atoms with Crippen molar-refractivity contribution < 1.29 is 24.0 Å². The lowest BCUT2D eigenvalue weighted by Crippen LogP contribution is -2.41. The highest BCUT2D eigenvalue weighted by Crippen LogP contribution is 2.30. The molecule has 0 fully saturated rings. The highest BCUT2D eigenvalue weighted by Gasteiger charge is 2.43. The molecule has 144 valence electrons. The van der Waals surface area contributed by atoms with E-state index in [2.05, 4.69) is 0 Å². The van der Waals surface area contributed by atoms with Crippen LogP contribution in [0.25, 0.3) is 0 Å². The summed E-state index contributed by atoms with van der Waals surface area (Å²) in [5.74, 6) is -4.08. The van der Waals surface area contributed by atoms with Crippen molar-refractivity contribution in [3.05, 3.63) is 46.0 Å². The van der Waals surface area contributed by atoms with Gasteiger partial charge >= 0.3 is 11.9 Å². The summed E-state index contributed by atoms with van der Waals surface area (Å²) in [6.07, 6.45) is 0. The molecule has 0 aliphatic carbocycles. The summed E-state index contributed by atoms with van der Waals surface area (Å²) in [5.41, 5.74) is -1.17. The zero-order chi connectivity index (χ0) is 20.1. The molecule has 1 aromatic carbocycles. The zero-order valence-corrected chi connectivity index (χ0v) is 16.1. The molecule has 0 radical (unpaired) electrons. The van der Waals surface area contributed by atoms with Crippen molar-refractivity contribution in [1.29, 1.82) is 0 Å². The van der Waals surface area contributed by atoms with Gasteiger partial charge in [-0.3, -0.25) is 19.7 Å². The molecule has 0 saturated heterocycles. The topological polar surface area (TPSA) is 95.7 Å². The number of carbonyl (C=O) groups excluding carboxylic acids is 2. The van der Waals surface area contributed by atoms with Gasteiger partial charge in [0.05, 0.1) is 5.92 Å². The van der Waals surface area contributed by atoms with Gasteiger partial charge in [-0.1, -0.05) is 30.3 Å². The van der Waals surface area contributed by atoms with Crippen LogP contribution in [0.15, 0.2) is 30.3 Å². The van der Waals surface area contributed by atoms with Crippen molar-refractivity contribution in [2.45, 2.75) is 58.7 Å². The van der Waals surface area contributed by atoms with Crippen LogP contribution < -0.4 is 0 Å². The van der Waals surface area contributed by atoms with E-state index in [1.807, 2.05) is 0 Å². The number of hydrogen-bond donors (Lipinski definition) is 0. The third kappa shape index (κ3) is 7.21. The van der Waals surface area contributed by atoms with Gasteiger partial charge in [0.1, 0.15) is 11.2 Å². The van der Waals surface area contributed by atoms with E-state index in [1.165, 1.54) is 0 Å². The average Bonchev–Trinajstić information content (AvgIpc) is 2.43. The predicted molar refractivity (Wildman–Crippen MR) is 96.2 cm³/mol. The van der Waals surface area contributed by atoms with Gasteiger partial charge in [-0.2, -0.15) is 0 Å². The second-order valence-electron chi connectivity index (χ2n) is 8.08. The van der Waals surface area contributed by atoms with Crippen LogP contribution in [0.3, 0.4) is 0 Å². The van der Waals surface area contributed by atoms with Gasteiger partial charge in [-0.15, -0.1) is 0 Å². The molecule has 0 bridgehead atoms. The SMILES string of the molecule is CC(C)(C)OC(=O)C(C(=O)OC(C)(C)C)C(C[N+](=O)[O-])c1ccccc1. The maximum absolute atomic E-state index is 12.7. The minimum Gasteiger partial charge on any atom is -0.459 e. The number of nitro groups is 1. The number of carbonyl (C=O) groups is 2. The van der Waals surface area contributed by atoms with Crippen molar-refractivity contribution >= 4 is 11.9 Å². The van der Waals surface area contributed by atoms with Gasteiger partial charge in [0.2, 0.25) is 6.54 Å². The summed E-state index contributed by atoms with van der Waals surface area (Å²) in [6.45, 7) is 9.42. The van der Waals surface area contributed by atoms with E-state index in [9.17, 15) is 19.7 Å². The van der Waals surface area contributed by atoms with Crippen molar-refractivity contribution in [1.82, 2.24) is 0 Å². The number of hydrogen-bond acceptors (Lipinski definition) is 6. The maximum atomic E-state index is 12.7. The number of rotatable bonds is 6. The molecule has 26 heavy (non-hydrogen) atoms. The summed E-state index contributed by atoms with van der Waals surface area (Å²) in [6, 6.07) is 8.45. The van der Waals surface area contributed by atoms with Crippen LogP contribution in [-0.4, -0.2) is 34.6 Å². The van der Waals surface area contributed by atoms with Crippen molar-refractivity contribution in [3.63, 3.8) is 0 Å². The molecule has 0 saturated carbocycles. The summed E-state index contributed by atoms with van der Waals surface area (Å²) in [5, 5.41) is 11.2. The molecule has 0 aliphatic rings. The number of esters is 2. The Bertz CT molecular complexity index is 614. The summed E-state index contributed by atoms with van der Waals surface area (Å²) in [4.78, 5) is 36.1. The van der Waals surface area contributed by atoms with E-state index in [4.69, 9.17) is 9.47 Å². The Kier molecular flexibility index (Phi) is 6.89. The van der Waals surface area contributed by atoms with Crippen molar-refractivity contribution in [2.75, 3.05) is 6.54 Å². The summed E-state index contributed by atoms with van der Waals surface area (Å²) < 4.78 is 10.7.